The van der Waals surface area contributed by atoms with E-state index in [0.717, 1.165) is 22.3 Å². The molecular weight excluding hydrogens is 668 g/mol. The molecule has 53 heavy (non-hydrogen) atoms. The number of carbonyl (C=O) groups is 2. The topological polar surface area (TPSA) is 89.5 Å². The summed E-state index contributed by atoms with van der Waals surface area (Å²) in [6.45, 7) is 0. The molecule has 0 radical (unpaired) electrons. The molecule has 0 saturated heterocycles. The Morgan fingerprint density at radius 1 is 0.491 bits per heavy atom. The van der Waals surface area contributed by atoms with Crippen LogP contribution in [0.15, 0.2) is 120 Å². The molecule has 4 aliphatic rings. The highest BCUT2D eigenvalue weighted by Gasteiger charge is 2.54. The number of benzene rings is 4. The average molecular weight is 713 g/mol. The molecule has 8 nitrogen and oxygen atoms in total. The van der Waals surface area contributed by atoms with Gasteiger partial charge in [-0.1, -0.05) is 72.8 Å². The van der Waals surface area contributed by atoms with E-state index in [1.807, 2.05) is 72.8 Å². The number of hydrogen-bond donors (Lipinski definition) is 0. The summed E-state index contributed by atoms with van der Waals surface area (Å²) in [5.41, 5.74) is 5.39. The molecule has 4 unspecified atom stereocenters. The Hall–Kier alpha value is -5.50. The van der Waals surface area contributed by atoms with Crippen LogP contribution in [0.4, 0.5) is 0 Å². The molecule has 0 saturated carbocycles. The number of ketones is 2. The SMILES string of the molecule is COc1ccc(C2CC3(CC(c4ccc(OC)c(OC)c4)C4=C(CC(c5ccccc5)CC4=O)O3)OC3=C2C(=O)CC(c2ccccc2)C3)cc1OC. The first-order valence-corrected chi connectivity index (χ1v) is 18.3. The maximum absolute atomic E-state index is 14.3. The number of allylic oxidation sites excluding steroid dienone is 4. The molecule has 0 N–H and O–H groups in total. The van der Waals surface area contributed by atoms with E-state index in [4.69, 9.17) is 28.4 Å². The van der Waals surface area contributed by atoms with Crippen molar-refractivity contribution in [3.8, 4) is 23.0 Å². The highest BCUT2D eigenvalue weighted by atomic mass is 16.7. The van der Waals surface area contributed by atoms with Crippen LogP contribution in [0.3, 0.4) is 0 Å². The van der Waals surface area contributed by atoms with Crippen LogP contribution in [0.5, 0.6) is 23.0 Å². The van der Waals surface area contributed by atoms with Crippen LogP contribution in [-0.2, 0) is 19.1 Å². The van der Waals surface area contributed by atoms with E-state index < -0.39 is 5.79 Å². The molecule has 8 rings (SSSR count). The van der Waals surface area contributed by atoms with Crippen molar-refractivity contribution < 1.29 is 38.0 Å². The van der Waals surface area contributed by atoms with Crippen molar-refractivity contribution >= 4 is 11.6 Å². The smallest absolute Gasteiger partial charge is 0.252 e. The molecule has 0 amide bonds. The lowest BCUT2D eigenvalue weighted by molar-refractivity contribution is -0.225. The third-order valence-electron chi connectivity index (χ3n) is 11.4. The molecule has 4 aromatic rings. The number of methoxy groups -OCH3 is 4. The Kier molecular flexibility index (Phi) is 9.23. The molecule has 4 aromatic carbocycles. The van der Waals surface area contributed by atoms with Crippen molar-refractivity contribution in [2.24, 2.45) is 0 Å². The predicted octanol–water partition coefficient (Wildman–Crippen LogP) is 8.93. The lowest BCUT2D eigenvalue weighted by atomic mass is 9.69. The van der Waals surface area contributed by atoms with Gasteiger partial charge in [0.15, 0.2) is 34.6 Å². The van der Waals surface area contributed by atoms with E-state index >= 15 is 0 Å². The molecule has 0 aromatic heterocycles. The summed E-state index contributed by atoms with van der Waals surface area (Å²) in [6.07, 6.45) is 2.62. The summed E-state index contributed by atoms with van der Waals surface area (Å²) < 4.78 is 36.9. The fourth-order valence-corrected chi connectivity index (χ4v) is 8.94. The van der Waals surface area contributed by atoms with Crippen molar-refractivity contribution in [3.63, 3.8) is 0 Å². The Bertz CT molecular complexity index is 1950. The van der Waals surface area contributed by atoms with Gasteiger partial charge in [-0.3, -0.25) is 9.59 Å². The molecule has 272 valence electrons. The van der Waals surface area contributed by atoms with Gasteiger partial charge in [-0.25, -0.2) is 0 Å². The van der Waals surface area contributed by atoms with Crippen molar-refractivity contribution in [2.75, 3.05) is 28.4 Å². The van der Waals surface area contributed by atoms with Crippen molar-refractivity contribution in [3.05, 3.63) is 142 Å². The Morgan fingerprint density at radius 3 is 1.26 bits per heavy atom. The number of carbonyl (C=O) groups excluding carboxylic acids is 2. The highest BCUT2D eigenvalue weighted by molar-refractivity contribution is 6.00. The van der Waals surface area contributed by atoms with Crippen LogP contribution < -0.4 is 18.9 Å². The third-order valence-corrected chi connectivity index (χ3v) is 11.4. The first kappa shape index (κ1) is 34.6. The minimum Gasteiger partial charge on any atom is -0.493 e. The Balaban J connectivity index is 1.27. The van der Waals surface area contributed by atoms with E-state index in [1.165, 1.54) is 0 Å². The van der Waals surface area contributed by atoms with E-state index in [1.54, 1.807) is 28.4 Å². The molecule has 2 aliphatic heterocycles. The monoisotopic (exact) mass is 712 g/mol. The van der Waals surface area contributed by atoms with Gasteiger partial charge in [-0.15, -0.1) is 0 Å². The normalized spacial score (nSPS) is 25.2. The van der Waals surface area contributed by atoms with Crippen LogP contribution in [0.2, 0.25) is 0 Å². The molecule has 0 fully saturated rings. The second-order valence-corrected chi connectivity index (χ2v) is 14.4. The molecule has 1 spiro atoms. The number of ether oxygens (including phenoxy) is 6. The van der Waals surface area contributed by atoms with Gasteiger partial charge in [0.05, 0.1) is 28.4 Å². The fraction of sp³-hybridized carbons (Fsp3) is 0.333. The van der Waals surface area contributed by atoms with Crippen molar-refractivity contribution in [1.29, 1.82) is 0 Å². The molecular formula is C45H44O8. The summed E-state index contributed by atoms with van der Waals surface area (Å²) in [6, 6.07) is 32.0. The molecule has 4 atom stereocenters. The lowest BCUT2D eigenvalue weighted by Crippen LogP contribution is -2.48. The van der Waals surface area contributed by atoms with Crippen molar-refractivity contribution in [2.45, 2.75) is 68.0 Å². The zero-order valence-electron chi connectivity index (χ0n) is 30.6. The number of rotatable bonds is 8. The maximum atomic E-state index is 14.3. The van der Waals surface area contributed by atoms with Gasteiger partial charge in [-0.05, 0) is 58.4 Å². The summed E-state index contributed by atoms with van der Waals surface area (Å²) in [5, 5.41) is 0. The largest absolute Gasteiger partial charge is 0.493 e. The fourth-order valence-electron chi connectivity index (χ4n) is 8.94. The van der Waals surface area contributed by atoms with Gasteiger partial charge < -0.3 is 28.4 Å². The Morgan fingerprint density at radius 2 is 0.887 bits per heavy atom. The van der Waals surface area contributed by atoms with Gasteiger partial charge in [0.1, 0.15) is 11.5 Å². The van der Waals surface area contributed by atoms with E-state index in [-0.39, 0.29) is 35.2 Å². The summed E-state index contributed by atoms with van der Waals surface area (Å²) >= 11 is 0. The third kappa shape index (κ3) is 6.34. The zero-order valence-corrected chi connectivity index (χ0v) is 30.6. The molecule has 8 heteroatoms. The van der Waals surface area contributed by atoms with Crippen LogP contribution in [-0.4, -0.2) is 45.8 Å². The van der Waals surface area contributed by atoms with Crippen molar-refractivity contribution in [1.82, 2.24) is 0 Å². The molecule has 2 aliphatic carbocycles. The van der Waals surface area contributed by atoms with Crippen LogP contribution >= 0.6 is 0 Å². The van der Waals surface area contributed by atoms with Crippen LogP contribution in [0.25, 0.3) is 0 Å². The maximum Gasteiger partial charge on any atom is 0.252 e. The lowest BCUT2D eigenvalue weighted by Gasteiger charge is -2.50. The summed E-state index contributed by atoms with van der Waals surface area (Å²) in [7, 11) is 6.45. The van der Waals surface area contributed by atoms with E-state index in [2.05, 4.69) is 24.3 Å². The summed E-state index contributed by atoms with van der Waals surface area (Å²) in [4.78, 5) is 28.6. The molecule has 0 bridgehead atoms. The number of hydrogen-bond acceptors (Lipinski definition) is 8. The average Bonchev–Trinajstić information content (AvgIpc) is 3.19. The minimum absolute atomic E-state index is 0.0395. The second-order valence-electron chi connectivity index (χ2n) is 14.4. The summed E-state index contributed by atoms with van der Waals surface area (Å²) in [5.74, 6) is 1.87. The van der Waals surface area contributed by atoms with Gasteiger partial charge in [0, 0.05) is 61.5 Å². The standard InChI is InChI=1S/C45H44O8/c1-48-37-17-15-29(21-39(37)50-3)33-25-45(52-41-23-31(19-35(46)43(33)41)27-11-7-5-8-12-27)26-34(30-16-18-38(49-2)40(22-30)51-4)44-36(47)20-32(24-42(44)53-45)28-13-9-6-10-14-28/h5-18,21-22,31-34H,19-20,23-26H2,1-4H3. The minimum atomic E-state index is -1.18. The van der Waals surface area contributed by atoms with Crippen LogP contribution in [0.1, 0.15) is 84.5 Å². The van der Waals surface area contributed by atoms with Gasteiger partial charge in [0.2, 0.25) is 0 Å². The first-order chi connectivity index (χ1) is 25.8. The van der Waals surface area contributed by atoms with Gasteiger partial charge in [0.25, 0.3) is 5.79 Å². The van der Waals surface area contributed by atoms with Crippen LogP contribution in [0, 0.1) is 0 Å². The highest BCUT2D eigenvalue weighted by Crippen LogP contribution is 2.57. The van der Waals surface area contributed by atoms with E-state index in [9.17, 15) is 9.59 Å². The Labute approximate surface area is 310 Å². The quantitative estimate of drug-likeness (QED) is 0.179. The predicted molar refractivity (Wildman–Crippen MR) is 200 cm³/mol. The van der Waals surface area contributed by atoms with Gasteiger partial charge >= 0.3 is 0 Å². The zero-order chi connectivity index (χ0) is 36.7. The van der Waals surface area contributed by atoms with Gasteiger partial charge in [-0.2, -0.15) is 0 Å². The number of Topliss-reactive ketones (excluding diaryl/α,β-unsaturated/α-hetero) is 2. The molecule has 2 heterocycles. The first-order valence-electron chi connectivity index (χ1n) is 18.3. The second kappa shape index (κ2) is 14.1. The van der Waals surface area contributed by atoms with E-state index in [0.29, 0.717) is 84.2 Å².